The Morgan fingerprint density at radius 2 is 0.895 bits per heavy atom. The molecule has 0 spiro atoms. The second kappa shape index (κ2) is 20.9. The number of aliphatic imine (C=N–C) groups is 4. The summed E-state index contributed by atoms with van der Waals surface area (Å²) in [6.45, 7) is 0.952. The van der Waals surface area contributed by atoms with Crippen molar-refractivity contribution in [3.63, 3.8) is 0 Å². The second-order valence-corrected chi connectivity index (χ2v) is 3.00. The minimum absolute atomic E-state index is 0.160. The van der Waals surface area contributed by atoms with Crippen LogP contribution in [0, 0.1) is 0 Å². The molecule has 0 bridgehead atoms. The molecule has 102 valence electrons. The molecule has 0 saturated carbocycles. The van der Waals surface area contributed by atoms with Gasteiger partial charge in [-0.1, -0.05) is 12.8 Å². The zero-order chi connectivity index (χ0) is 14.6. The Morgan fingerprint density at radius 3 is 1.21 bits per heavy atom. The summed E-state index contributed by atoms with van der Waals surface area (Å²) in [5.74, 6) is 0. The van der Waals surface area contributed by atoms with Crippen LogP contribution < -0.4 is 0 Å². The second-order valence-electron chi connectivity index (χ2n) is 3.00. The van der Waals surface area contributed by atoms with E-state index in [1.54, 1.807) is 0 Å². The van der Waals surface area contributed by atoms with Crippen molar-refractivity contribution in [2.75, 3.05) is 19.8 Å². The standard InChI is InChI=1S/C8H12N2O2.C3H2N2O2/c11-7-9-5-3-1-2-4-6-10-8-12;6-2-4-1-5-3-7/h1-6H2;1H2. The number of hydrogen-bond donors (Lipinski definition) is 0. The smallest absolute Gasteiger partial charge is 0.211 e. The highest BCUT2D eigenvalue weighted by Gasteiger charge is 1.87. The third-order valence-electron chi connectivity index (χ3n) is 1.69. The van der Waals surface area contributed by atoms with E-state index in [2.05, 4.69) is 20.0 Å². The summed E-state index contributed by atoms with van der Waals surface area (Å²) in [6, 6.07) is 0. The van der Waals surface area contributed by atoms with E-state index in [0.29, 0.717) is 13.1 Å². The van der Waals surface area contributed by atoms with Crippen LogP contribution in [0.4, 0.5) is 0 Å². The largest absolute Gasteiger partial charge is 0.236 e. The molecule has 0 atom stereocenters. The third-order valence-corrected chi connectivity index (χ3v) is 1.69. The highest BCUT2D eigenvalue weighted by molar-refractivity contribution is 5.35. The van der Waals surface area contributed by atoms with Gasteiger partial charge in [-0.05, 0) is 12.8 Å². The lowest BCUT2D eigenvalue weighted by Gasteiger charge is -1.93. The predicted molar refractivity (Wildman–Crippen MR) is 65.6 cm³/mol. The maximum absolute atomic E-state index is 9.63. The van der Waals surface area contributed by atoms with Gasteiger partial charge in [0.1, 0.15) is 0 Å². The molecule has 8 nitrogen and oxygen atoms in total. The Hall–Kier alpha value is -2.48. The molecule has 0 rings (SSSR count). The van der Waals surface area contributed by atoms with Gasteiger partial charge < -0.3 is 0 Å². The molecule has 0 aromatic carbocycles. The summed E-state index contributed by atoms with van der Waals surface area (Å²) >= 11 is 0. The zero-order valence-corrected chi connectivity index (χ0v) is 10.4. The highest BCUT2D eigenvalue weighted by Crippen LogP contribution is 1.99. The lowest BCUT2D eigenvalue weighted by Crippen LogP contribution is -1.84. The van der Waals surface area contributed by atoms with Gasteiger partial charge in [0.25, 0.3) is 0 Å². The number of hydrogen-bond acceptors (Lipinski definition) is 8. The van der Waals surface area contributed by atoms with E-state index in [1.807, 2.05) is 0 Å². The number of rotatable bonds is 9. The molecule has 0 saturated heterocycles. The molecule has 0 radical (unpaired) electrons. The number of nitrogens with zero attached hydrogens (tertiary/aromatic N) is 4. The molecule has 0 aromatic heterocycles. The first-order valence-corrected chi connectivity index (χ1v) is 5.48. The lowest BCUT2D eigenvalue weighted by atomic mass is 10.2. The van der Waals surface area contributed by atoms with Gasteiger partial charge in [-0.15, -0.1) is 0 Å². The first-order chi connectivity index (χ1) is 9.33. The van der Waals surface area contributed by atoms with Gasteiger partial charge in [-0.3, -0.25) is 0 Å². The van der Waals surface area contributed by atoms with Crippen LogP contribution in [0.2, 0.25) is 0 Å². The number of carbonyl (C=O) groups excluding carboxylic acids is 4. The van der Waals surface area contributed by atoms with Gasteiger partial charge in [0.15, 0.2) is 6.67 Å². The van der Waals surface area contributed by atoms with Gasteiger partial charge in [-0.2, -0.15) is 9.98 Å². The highest BCUT2D eigenvalue weighted by atomic mass is 16.1. The van der Waals surface area contributed by atoms with Crippen molar-refractivity contribution >= 4 is 24.3 Å². The fourth-order valence-electron chi connectivity index (χ4n) is 0.920. The Balaban J connectivity index is 0. The van der Waals surface area contributed by atoms with Gasteiger partial charge in [0, 0.05) is 0 Å². The first-order valence-electron chi connectivity index (χ1n) is 5.48. The summed E-state index contributed by atoms with van der Waals surface area (Å²) in [6.07, 6.45) is 9.21. The minimum Gasteiger partial charge on any atom is -0.211 e. The Kier molecular flexibility index (Phi) is 20.7. The van der Waals surface area contributed by atoms with Gasteiger partial charge in [-0.25, -0.2) is 29.2 Å². The molecule has 0 heterocycles. The van der Waals surface area contributed by atoms with Gasteiger partial charge in [0.05, 0.1) is 13.1 Å². The van der Waals surface area contributed by atoms with Crippen molar-refractivity contribution in [2.45, 2.75) is 25.7 Å². The number of isocyanates is 4. The quantitative estimate of drug-likeness (QED) is 0.349. The van der Waals surface area contributed by atoms with Crippen molar-refractivity contribution in [3.8, 4) is 0 Å². The van der Waals surface area contributed by atoms with E-state index >= 15 is 0 Å². The summed E-state index contributed by atoms with van der Waals surface area (Å²) in [5.41, 5.74) is 0. The average molecular weight is 266 g/mol. The average Bonchev–Trinajstić information content (AvgIpc) is 2.43. The molecule has 0 unspecified atom stereocenters. The van der Waals surface area contributed by atoms with E-state index in [1.165, 1.54) is 24.3 Å². The van der Waals surface area contributed by atoms with E-state index < -0.39 is 0 Å². The summed E-state index contributed by atoms with van der Waals surface area (Å²) in [7, 11) is 0. The fraction of sp³-hybridized carbons (Fsp3) is 0.636. The Morgan fingerprint density at radius 1 is 0.526 bits per heavy atom. The molecule has 8 heteroatoms. The Bertz CT molecular complexity index is 361. The van der Waals surface area contributed by atoms with Crippen LogP contribution in [0.1, 0.15) is 25.7 Å². The molecule has 0 aromatic rings. The van der Waals surface area contributed by atoms with E-state index in [4.69, 9.17) is 0 Å². The zero-order valence-electron chi connectivity index (χ0n) is 10.4. The van der Waals surface area contributed by atoms with Crippen LogP contribution in [-0.4, -0.2) is 44.1 Å². The number of unbranched alkanes of at least 4 members (excludes halogenated alkanes) is 3. The Labute approximate surface area is 110 Å². The maximum Gasteiger partial charge on any atom is 0.236 e. The van der Waals surface area contributed by atoms with Crippen LogP contribution in [0.5, 0.6) is 0 Å². The van der Waals surface area contributed by atoms with Crippen molar-refractivity contribution in [1.29, 1.82) is 0 Å². The monoisotopic (exact) mass is 266 g/mol. The van der Waals surface area contributed by atoms with E-state index in [9.17, 15) is 19.2 Å². The molecule has 0 N–H and O–H groups in total. The fourth-order valence-corrected chi connectivity index (χ4v) is 0.920. The van der Waals surface area contributed by atoms with E-state index in [0.717, 1.165) is 25.7 Å². The molecule has 0 aliphatic heterocycles. The van der Waals surface area contributed by atoms with Gasteiger partial charge >= 0.3 is 0 Å². The molecule has 0 aliphatic carbocycles. The maximum atomic E-state index is 9.63. The van der Waals surface area contributed by atoms with Crippen LogP contribution in [0.3, 0.4) is 0 Å². The van der Waals surface area contributed by atoms with E-state index in [-0.39, 0.29) is 6.67 Å². The first kappa shape index (κ1) is 18.9. The molecule has 0 fully saturated rings. The summed E-state index contributed by atoms with van der Waals surface area (Å²) in [5, 5.41) is 0. The van der Waals surface area contributed by atoms with Crippen LogP contribution in [0.25, 0.3) is 0 Å². The van der Waals surface area contributed by atoms with Gasteiger partial charge in [0.2, 0.25) is 24.3 Å². The lowest BCUT2D eigenvalue weighted by molar-refractivity contribution is 0.558. The van der Waals surface area contributed by atoms with Crippen molar-refractivity contribution in [1.82, 2.24) is 0 Å². The molecule has 19 heavy (non-hydrogen) atoms. The van der Waals surface area contributed by atoms with Crippen LogP contribution >= 0.6 is 0 Å². The van der Waals surface area contributed by atoms with Crippen LogP contribution in [-0.2, 0) is 19.2 Å². The normalized spacial score (nSPS) is 7.37. The van der Waals surface area contributed by atoms with Crippen molar-refractivity contribution in [3.05, 3.63) is 0 Å². The van der Waals surface area contributed by atoms with Crippen molar-refractivity contribution in [2.24, 2.45) is 20.0 Å². The van der Waals surface area contributed by atoms with Crippen LogP contribution in [0.15, 0.2) is 20.0 Å². The molecule has 0 aliphatic rings. The topological polar surface area (TPSA) is 118 Å². The summed E-state index contributed by atoms with van der Waals surface area (Å²) in [4.78, 5) is 50.3. The predicted octanol–water partition coefficient (Wildman–Crippen LogP) is 0.834. The molecule has 0 amide bonds. The SMILES string of the molecule is O=C=NCCCCCCN=C=O.O=C=NCN=C=O. The van der Waals surface area contributed by atoms with Crippen molar-refractivity contribution < 1.29 is 19.2 Å². The molecular formula is C11H14N4O4. The molecular weight excluding hydrogens is 252 g/mol. The summed E-state index contributed by atoms with van der Waals surface area (Å²) < 4.78 is 0. The minimum atomic E-state index is -0.160. The third kappa shape index (κ3) is 25.6.